The molecular weight excluding hydrogens is 266 g/mol. The summed E-state index contributed by atoms with van der Waals surface area (Å²) in [4.78, 5) is 1.97. The smallest absolute Gasteiger partial charge is 0.163 e. The van der Waals surface area contributed by atoms with E-state index in [2.05, 4.69) is 0 Å². The van der Waals surface area contributed by atoms with Crippen LogP contribution in [0.2, 0.25) is 0 Å². The van der Waals surface area contributed by atoms with Crippen molar-refractivity contribution in [2.45, 2.75) is 12.5 Å². The van der Waals surface area contributed by atoms with Crippen LogP contribution in [-0.4, -0.2) is 50.0 Å². The van der Waals surface area contributed by atoms with Crippen molar-refractivity contribution in [3.8, 4) is 0 Å². The summed E-state index contributed by atoms with van der Waals surface area (Å²) in [7, 11) is 1.60. The first-order valence-electron chi connectivity index (χ1n) is 6.61. The Morgan fingerprint density at radius 1 is 1.30 bits per heavy atom. The molecule has 0 heterocycles. The Hall–Kier alpha value is -1.08. The molecule has 1 rings (SSSR count). The van der Waals surface area contributed by atoms with E-state index in [0.29, 0.717) is 32.7 Å². The number of aliphatic hydroxyl groups is 1. The second-order valence-corrected chi connectivity index (χ2v) is 4.60. The van der Waals surface area contributed by atoms with E-state index in [1.165, 1.54) is 12.1 Å². The summed E-state index contributed by atoms with van der Waals surface area (Å²) < 4.78 is 31.7. The van der Waals surface area contributed by atoms with Gasteiger partial charge >= 0.3 is 0 Å². The highest BCUT2D eigenvalue weighted by molar-refractivity contribution is 5.22. The van der Waals surface area contributed by atoms with E-state index in [9.17, 15) is 8.78 Å². The van der Waals surface area contributed by atoms with Crippen LogP contribution >= 0.6 is 0 Å². The zero-order valence-corrected chi connectivity index (χ0v) is 11.7. The molecule has 0 spiro atoms. The maximum absolute atomic E-state index is 13.6. The average Bonchev–Trinajstić information content (AvgIpc) is 2.44. The summed E-state index contributed by atoms with van der Waals surface area (Å²) >= 11 is 0. The van der Waals surface area contributed by atoms with Crippen molar-refractivity contribution in [3.63, 3.8) is 0 Å². The summed E-state index contributed by atoms with van der Waals surface area (Å²) in [6.07, 6.45) is 0.476. The van der Waals surface area contributed by atoms with Gasteiger partial charge in [-0.3, -0.25) is 4.90 Å². The molecule has 3 N–H and O–H groups in total. The second-order valence-electron chi connectivity index (χ2n) is 4.60. The van der Waals surface area contributed by atoms with Gasteiger partial charge in [0.1, 0.15) is 0 Å². The third-order valence-corrected chi connectivity index (χ3v) is 3.17. The van der Waals surface area contributed by atoms with Gasteiger partial charge in [-0.05, 0) is 12.5 Å². The molecule has 4 nitrogen and oxygen atoms in total. The highest BCUT2D eigenvalue weighted by Crippen LogP contribution is 2.20. The fourth-order valence-electron chi connectivity index (χ4n) is 1.98. The van der Waals surface area contributed by atoms with Crippen molar-refractivity contribution in [3.05, 3.63) is 35.4 Å². The minimum Gasteiger partial charge on any atom is -0.395 e. The molecule has 0 radical (unpaired) electrons. The van der Waals surface area contributed by atoms with E-state index < -0.39 is 17.7 Å². The van der Waals surface area contributed by atoms with Crippen molar-refractivity contribution in [2.24, 2.45) is 5.73 Å². The normalized spacial score (nSPS) is 12.9. The molecule has 0 aliphatic rings. The number of methoxy groups -OCH3 is 1. The number of nitrogens with two attached hydrogens (primary N) is 1. The molecule has 6 heteroatoms. The predicted octanol–water partition coefficient (Wildman–Crippen LogP) is 1.30. The molecule has 0 saturated carbocycles. The maximum Gasteiger partial charge on any atom is 0.163 e. The van der Waals surface area contributed by atoms with Gasteiger partial charge in [0.05, 0.1) is 13.2 Å². The Bertz CT molecular complexity index is 405. The van der Waals surface area contributed by atoms with Gasteiger partial charge in [-0.15, -0.1) is 0 Å². The van der Waals surface area contributed by atoms with Crippen LogP contribution in [0.5, 0.6) is 0 Å². The first-order chi connectivity index (χ1) is 9.60. The van der Waals surface area contributed by atoms with E-state index in [4.69, 9.17) is 15.6 Å². The molecule has 0 aliphatic heterocycles. The summed E-state index contributed by atoms with van der Waals surface area (Å²) in [5.74, 6) is -1.77. The Morgan fingerprint density at radius 2 is 2.05 bits per heavy atom. The van der Waals surface area contributed by atoms with Gasteiger partial charge in [-0.2, -0.15) is 0 Å². The highest BCUT2D eigenvalue weighted by Gasteiger charge is 2.15. The lowest BCUT2D eigenvalue weighted by Crippen LogP contribution is -2.33. The minimum atomic E-state index is -0.885. The predicted molar refractivity (Wildman–Crippen MR) is 73.3 cm³/mol. The Kier molecular flexibility index (Phi) is 7.61. The lowest BCUT2D eigenvalue weighted by molar-refractivity contribution is 0.128. The van der Waals surface area contributed by atoms with Crippen LogP contribution in [0.15, 0.2) is 18.2 Å². The second kappa shape index (κ2) is 8.97. The summed E-state index contributed by atoms with van der Waals surface area (Å²) in [6, 6.07) is 3.44. The number of rotatable bonds is 9. The van der Waals surface area contributed by atoms with Crippen LogP contribution in [0.25, 0.3) is 0 Å². The molecule has 0 aromatic heterocycles. The van der Waals surface area contributed by atoms with Gasteiger partial charge in [-0.1, -0.05) is 12.1 Å². The first kappa shape index (κ1) is 17.0. The quantitative estimate of drug-likeness (QED) is 0.719. The first-order valence-corrected chi connectivity index (χ1v) is 6.61. The van der Waals surface area contributed by atoms with Crippen molar-refractivity contribution >= 4 is 0 Å². The van der Waals surface area contributed by atoms with E-state index >= 15 is 0 Å². The van der Waals surface area contributed by atoms with Gasteiger partial charge in [0.15, 0.2) is 11.6 Å². The molecule has 0 fully saturated rings. The van der Waals surface area contributed by atoms with Crippen LogP contribution in [0.3, 0.4) is 0 Å². The summed E-state index contributed by atoms with van der Waals surface area (Å²) in [5.41, 5.74) is 6.09. The standard InChI is InChI=1S/C14H22F2N2O2/c1-20-10-8-18(7-9-19)6-5-13(17)11-3-2-4-12(15)14(11)16/h2-4,13,19H,5-10,17H2,1H3. The van der Waals surface area contributed by atoms with Crippen LogP contribution in [0.1, 0.15) is 18.0 Å². The lowest BCUT2D eigenvalue weighted by Gasteiger charge is -2.23. The third-order valence-electron chi connectivity index (χ3n) is 3.17. The summed E-state index contributed by atoms with van der Waals surface area (Å²) in [6.45, 7) is 2.33. The Balaban J connectivity index is 2.55. The molecule has 1 unspecified atom stereocenters. The molecule has 1 atom stereocenters. The van der Waals surface area contributed by atoms with Crippen molar-refractivity contribution in [1.82, 2.24) is 4.90 Å². The fourth-order valence-corrected chi connectivity index (χ4v) is 1.98. The van der Waals surface area contributed by atoms with Crippen molar-refractivity contribution in [1.29, 1.82) is 0 Å². The SMILES string of the molecule is COCCN(CCO)CCC(N)c1cccc(F)c1F. The average molecular weight is 288 g/mol. The molecule has 1 aromatic carbocycles. The maximum atomic E-state index is 13.6. The number of halogens is 2. The molecule has 1 aromatic rings. The van der Waals surface area contributed by atoms with Crippen molar-refractivity contribution < 1.29 is 18.6 Å². The third kappa shape index (κ3) is 5.13. The monoisotopic (exact) mass is 288 g/mol. The van der Waals surface area contributed by atoms with Gasteiger partial charge in [0.2, 0.25) is 0 Å². The zero-order valence-electron chi connectivity index (χ0n) is 11.7. The number of hydrogen-bond acceptors (Lipinski definition) is 4. The molecule has 114 valence electrons. The molecule has 0 aliphatic carbocycles. The van der Waals surface area contributed by atoms with Gasteiger partial charge in [0.25, 0.3) is 0 Å². The Morgan fingerprint density at radius 3 is 2.70 bits per heavy atom. The molecule has 20 heavy (non-hydrogen) atoms. The fraction of sp³-hybridized carbons (Fsp3) is 0.571. The van der Waals surface area contributed by atoms with Gasteiger partial charge < -0.3 is 15.6 Å². The van der Waals surface area contributed by atoms with Crippen LogP contribution < -0.4 is 5.73 Å². The minimum absolute atomic E-state index is 0.0350. The summed E-state index contributed by atoms with van der Waals surface area (Å²) in [5, 5.41) is 8.98. The van der Waals surface area contributed by atoms with E-state index in [0.717, 1.165) is 6.07 Å². The van der Waals surface area contributed by atoms with Crippen LogP contribution in [0, 0.1) is 11.6 Å². The van der Waals surface area contributed by atoms with Crippen LogP contribution in [0.4, 0.5) is 8.78 Å². The highest BCUT2D eigenvalue weighted by atomic mass is 19.2. The number of ether oxygens (including phenoxy) is 1. The molecule has 0 bridgehead atoms. The lowest BCUT2D eigenvalue weighted by atomic mass is 10.0. The van der Waals surface area contributed by atoms with Gasteiger partial charge in [0, 0.05) is 38.3 Å². The van der Waals surface area contributed by atoms with Gasteiger partial charge in [-0.25, -0.2) is 8.78 Å². The number of nitrogens with zero attached hydrogens (tertiary/aromatic N) is 1. The zero-order chi connectivity index (χ0) is 15.0. The number of hydrogen-bond donors (Lipinski definition) is 2. The molecular formula is C14H22F2N2O2. The van der Waals surface area contributed by atoms with Crippen LogP contribution in [-0.2, 0) is 4.74 Å². The van der Waals surface area contributed by atoms with E-state index in [1.807, 2.05) is 4.90 Å². The Labute approximate surface area is 118 Å². The number of benzene rings is 1. The topological polar surface area (TPSA) is 58.7 Å². The molecule has 0 amide bonds. The van der Waals surface area contributed by atoms with E-state index in [-0.39, 0.29) is 12.2 Å². The van der Waals surface area contributed by atoms with Crippen molar-refractivity contribution in [2.75, 3.05) is 40.0 Å². The number of aliphatic hydroxyl groups excluding tert-OH is 1. The van der Waals surface area contributed by atoms with E-state index in [1.54, 1.807) is 7.11 Å². The largest absolute Gasteiger partial charge is 0.395 e. The molecule has 0 saturated heterocycles.